The highest BCUT2D eigenvalue weighted by atomic mass is 19.4. The quantitative estimate of drug-likeness (QED) is 0.486. The number of aromatic nitrogens is 4. The topological polar surface area (TPSA) is 131 Å². The number of pyridine rings is 1. The maximum absolute atomic E-state index is 13.2. The van der Waals surface area contributed by atoms with E-state index in [0.717, 1.165) is 12.3 Å². The van der Waals surface area contributed by atoms with Gasteiger partial charge in [-0.3, -0.25) is 4.79 Å². The first-order valence-corrected chi connectivity index (χ1v) is 11.5. The monoisotopic (exact) mass is 501 g/mol. The van der Waals surface area contributed by atoms with Crippen molar-refractivity contribution in [1.82, 2.24) is 24.8 Å². The second-order valence-corrected chi connectivity index (χ2v) is 9.51. The number of nitrogens with one attached hydrogen (secondary N) is 2. The molecule has 0 spiro atoms. The summed E-state index contributed by atoms with van der Waals surface area (Å²) in [5.74, 6) is 0.134. The number of piperidine rings is 1. The Morgan fingerprint density at radius 3 is 2.58 bits per heavy atom. The number of hydrogen-bond acceptors (Lipinski definition) is 7. The molecule has 0 radical (unpaired) electrons. The van der Waals surface area contributed by atoms with Gasteiger partial charge in [-0.2, -0.15) is 18.4 Å². The molecule has 3 aromatic heterocycles. The number of likely N-dealkylation sites (tertiary alicyclic amines) is 1. The highest BCUT2D eigenvalue weighted by Gasteiger charge is 2.34. The average molecular weight is 502 g/mol. The van der Waals surface area contributed by atoms with Crippen molar-refractivity contribution in [2.24, 2.45) is 5.92 Å². The summed E-state index contributed by atoms with van der Waals surface area (Å²) < 4.78 is 39.7. The molecule has 0 aromatic carbocycles. The molecule has 1 amide bonds. The fraction of sp³-hybridized carbons (Fsp3) is 0.458. The van der Waals surface area contributed by atoms with Crippen LogP contribution in [-0.4, -0.2) is 60.6 Å². The molecule has 9 nitrogen and oxygen atoms in total. The lowest BCUT2D eigenvalue weighted by Gasteiger charge is -2.37. The van der Waals surface area contributed by atoms with E-state index in [2.05, 4.69) is 25.3 Å². The third-order valence-electron chi connectivity index (χ3n) is 6.44. The molecule has 1 saturated heterocycles. The minimum absolute atomic E-state index is 0.0772. The van der Waals surface area contributed by atoms with Crippen molar-refractivity contribution in [2.45, 2.75) is 51.4 Å². The number of halogens is 3. The van der Waals surface area contributed by atoms with Crippen molar-refractivity contribution in [3.63, 3.8) is 0 Å². The van der Waals surface area contributed by atoms with Gasteiger partial charge in [0.05, 0.1) is 23.0 Å². The molecule has 190 valence electrons. The van der Waals surface area contributed by atoms with Crippen LogP contribution in [0.3, 0.4) is 0 Å². The standard InChI is InChI=1S/C24H26F3N7O2/c1-13(14-4-6-34(7-5-14)21(35)23(2,3)36)32-22-31-10-15(9-28)19(33-22)18-12-30-20-17(18)8-16(11-29-20)24(25,26)27/h8,10-14,36H,4-7H2,1-3H3,(H,29,30)(H,31,32,33)/t13-/m1/s1. The van der Waals surface area contributed by atoms with Crippen molar-refractivity contribution >= 4 is 22.9 Å². The second-order valence-electron chi connectivity index (χ2n) is 9.51. The minimum Gasteiger partial charge on any atom is -0.381 e. The van der Waals surface area contributed by atoms with Gasteiger partial charge in [0.25, 0.3) is 5.91 Å². The Morgan fingerprint density at radius 1 is 1.28 bits per heavy atom. The third-order valence-corrected chi connectivity index (χ3v) is 6.44. The van der Waals surface area contributed by atoms with Crippen LogP contribution in [0.2, 0.25) is 0 Å². The number of hydrogen-bond donors (Lipinski definition) is 3. The number of alkyl halides is 3. The summed E-state index contributed by atoms with van der Waals surface area (Å²) in [6.07, 6.45) is 0.434. The van der Waals surface area contributed by atoms with E-state index in [0.29, 0.717) is 31.5 Å². The number of nitrogens with zero attached hydrogens (tertiary/aromatic N) is 5. The largest absolute Gasteiger partial charge is 0.417 e. The fourth-order valence-electron chi connectivity index (χ4n) is 4.40. The number of carbonyl (C=O) groups excluding carboxylic acids is 1. The molecular weight excluding hydrogens is 475 g/mol. The number of rotatable bonds is 5. The molecule has 0 saturated carbocycles. The van der Waals surface area contributed by atoms with Gasteiger partial charge >= 0.3 is 6.18 Å². The Bertz CT molecular complexity index is 1320. The summed E-state index contributed by atoms with van der Waals surface area (Å²) in [5, 5.41) is 23.0. The summed E-state index contributed by atoms with van der Waals surface area (Å²) >= 11 is 0. The van der Waals surface area contributed by atoms with E-state index in [-0.39, 0.29) is 46.1 Å². The predicted molar refractivity (Wildman–Crippen MR) is 126 cm³/mol. The van der Waals surface area contributed by atoms with Gasteiger partial charge in [0.1, 0.15) is 17.3 Å². The van der Waals surface area contributed by atoms with Crippen LogP contribution in [0.5, 0.6) is 0 Å². The predicted octanol–water partition coefficient (Wildman–Crippen LogP) is 3.72. The molecule has 12 heteroatoms. The van der Waals surface area contributed by atoms with Gasteiger partial charge in [-0.05, 0) is 45.6 Å². The molecule has 1 atom stereocenters. The zero-order valence-corrected chi connectivity index (χ0v) is 20.0. The zero-order valence-electron chi connectivity index (χ0n) is 20.0. The third kappa shape index (κ3) is 5.11. The Labute approximate surface area is 205 Å². The van der Waals surface area contributed by atoms with E-state index >= 15 is 0 Å². The van der Waals surface area contributed by atoms with E-state index in [1.54, 1.807) is 4.90 Å². The number of anilines is 1. The molecule has 3 N–H and O–H groups in total. The van der Waals surface area contributed by atoms with Gasteiger partial charge in [0.2, 0.25) is 5.95 Å². The lowest BCUT2D eigenvalue weighted by Crippen LogP contribution is -2.49. The number of aromatic amines is 1. The van der Waals surface area contributed by atoms with Crippen molar-refractivity contribution < 1.29 is 23.1 Å². The van der Waals surface area contributed by atoms with Crippen molar-refractivity contribution in [1.29, 1.82) is 5.26 Å². The molecule has 3 aromatic rings. The molecule has 0 aliphatic carbocycles. The Balaban J connectivity index is 1.55. The number of fused-ring (bicyclic) bond motifs is 1. The van der Waals surface area contributed by atoms with E-state index in [9.17, 15) is 28.3 Å². The van der Waals surface area contributed by atoms with Gasteiger partial charge in [-0.1, -0.05) is 0 Å². The summed E-state index contributed by atoms with van der Waals surface area (Å²) in [5.41, 5.74) is -1.44. The van der Waals surface area contributed by atoms with Gasteiger partial charge in [0.15, 0.2) is 0 Å². The summed E-state index contributed by atoms with van der Waals surface area (Å²) in [6, 6.07) is 2.90. The molecule has 1 fully saturated rings. The van der Waals surface area contributed by atoms with Crippen LogP contribution >= 0.6 is 0 Å². The van der Waals surface area contributed by atoms with E-state index in [1.807, 2.05) is 13.0 Å². The number of amides is 1. The number of nitriles is 1. The highest BCUT2D eigenvalue weighted by molar-refractivity contribution is 5.94. The first-order valence-electron chi connectivity index (χ1n) is 11.5. The number of carbonyl (C=O) groups is 1. The summed E-state index contributed by atoms with van der Waals surface area (Å²) in [6.45, 7) is 5.94. The van der Waals surface area contributed by atoms with Crippen LogP contribution in [0.1, 0.15) is 44.7 Å². The second kappa shape index (κ2) is 9.39. The smallest absolute Gasteiger partial charge is 0.381 e. The van der Waals surface area contributed by atoms with Gasteiger partial charge in [-0.15, -0.1) is 0 Å². The highest BCUT2D eigenvalue weighted by Crippen LogP contribution is 2.35. The molecule has 0 bridgehead atoms. The normalized spacial score (nSPS) is 16.1. The van der Waals surface area contributed by atoms with Crippen LogP contribution in [0.15, 0.2) is 24.7 Å². The maximum Gasteiger partial charge on any atom is 0.417 e. The van der Waals surface area contributed by atoms with E-state index < -0.39 is 17.3 Å². The molecular formula is C24H26F3N7O2. The molecule has 36 heavy (non-hydrogen) atoms. The molecule has 4 rings (SSSR count). The summed E-state index contributed by atoms with van der Waals surface area (Å²) in [7, 11) is 0. The van der Waals surface area contributed by atoms with E-state index in [4.69, 9.17) is 0 Å². The van der Waals surface area contributed by atoms with Crippen molar-refractivity contribution in [3.05, 3.63) is 35.8 Å². The van der Waals surface area contributed by atoms with Gasteiger partial charge in [-0.25, -0.2) is 15.0 Å². The Kier molecular flexibility index (Phi) is 6.62. The molecule has 0 unspecified atom stereocenters. The Morgan fingerprint density at radius 2 is 1.97 bits per heavy atom. The first-order chi connectivity index (χ1) is 16.9. The van der Waals surface area contributed by atoms with Crippen LogP contribution in [0, 0.1) is 17.2 Å². The van der Waals surface area contributed by atoms with Crippen molar-refractivity contribution in [2.75, 3.05) is 18.4 Å². The lowest BCUT2D eigenvalue weighted by atomic mass is 9.89. The summed E-state index contributed by atoms with van der Waals surface area (Å²) in [4.78, 5) is 29.3. The van der Waals surface area contributed by atoms with Crippen LogP contribution in [-0.2, 0) is 11.0 Å². The molecule has 1 aliphatic rings. The molecule has 4 heterocycles. The van der Waals surface area contributed by atoms with Crippen molar-refractivity contribution in [3.8, 4) is 17.3 Å². The van der Waals surface area contributed by atoms with Crippen LogP contribution in [0.4, 0.5) is 19.1 Å². The minimum atomic E-state index is -4.56. The SMILES string of the molecule is C[C@@H](Nc1ncc(C#N)c(-c2c[nH]c3ncc(C(F)(F)F)cc23)n1)C1CCN(C(=O)C(C)(C)O)CC1. The maximum atomic E-state index is 13.2. The lowest BCUT2D eigenvalue weighted by molar-refractivity contribution is -0.149. The zero-order chi connectivity index (χ0) is 26.3. The number of aliphatic hydroxyl groups is 1. The fourth-order valence-corrected chi connectivity index (χ4v) is 4.40. The van der Waals surface area contributed by atoms with Gasteiger partial charge in [0, 0.05) is 42.5 Å². The molecule has 1 aliphatic heterocycles. The van der Waals surface area contributed by atoms with E-state index in [1.165, 1.54) is 26.2 Å². The average Bonchev–Trinajstić information content (AvgIpc) is 3.25. The van der Waals surface area contributed by atoms with Gasteiger partial charge < -0.3 is 20.3 Å². The van der Waals surface area contributed by atoms with Crippen LogP contribution in [0.25, 0.3) is 22.3 Å². The Hall–Kier alpha value is -3.72. The van der Waals surface area contributed by atoms with Crippen LogP contribution < -0.4 is 5.32 Å². The number of H-pyrrole nitrogens is 1. The first kappa shape index (κ1) is 25.4.